The molecule has 1 aromatic heterocycles. The number of nitrogens with zero attached hydrogens (tertiary/aromatic N) is 1. The third-order valence-electron chi connectivity index (χ3n) is 2.98. The van der Waals surface area contributed by atoms with Crippen LogP contribution in [0.2, 0.25) is 0 Å². The van der Waals surface area contributed by atoms with E-state index < -0.39 is 0 Å². The summed E-state index contributed by atoms with van der Waals surface area (Å²) in [5.41, 5.74) is 3.33. The minimum absolute atomic E-state index is 0.261. The number of hydrogen-bond donors (Lipinski definition) is 1. The van der Waals surface area contributed by atoms with E-state index in [4.69, 9.17) is 4.98 Å². The minimum Gasteiger partial charge on any atom is -0.309 e. The molecule has 2 aromatic rings. The van der Waals surface area contributed by atoms with Crippen molar-refractivity contribution in [1.29, 1.82) is 0 Å². The van der Waals surface area contributed by atoms with Gasteiger partial charge in [0.05, 0.1) is 17.3 Å². The quantitative estimate of drug-likeness (QED) is 0.803. The van der Waals surface area contributed by atoms with E-state index in [0.717, 1.165) is 24.2 Å². The molecule has 1 unspecified atom stereocenters. The van der Waals surface area contributed by atoms with Crippen LogP contribution in [0.3, 0.4) is 0 Å². The summed E-state index contributed by atoms with van der Waals surface area (Å²) in [5.74, 6) is 0. The van der Waals surface area contributed by atoms with Gasteiger partial charge in [-0.3, -0.25) is 4.98 Å². The van der Waals surface area contributed by atoms with Gasteiger partial charge in [-0.05, 0) is 32.0 Å². The first-order valence-electron chi connectivity index (χ1n) is 6.44. The fourth-order valence-electron chi connectivity index (χ4n) is 2.15. The highest BCUT2D eigenvalue weighted by atomic mass is 14.9. The van der Waals surface area contributed by atoms with E-state index >= 15 is 0 Å². The topological polar surface area (TPSA) is 24.9 Å². The Labute approximate surface area is 109 Å². The SMILES string of the molecule is C=C(C)CC(NCC)c1ccc2ccccc2n1. The Morgan fingerprint density at radius 3 is 2.78 bits per heavy atom. The van der Waals surface area contributed by atoms with Gasteiger partial charge < -0.3 is 5.32 Å². The van der Waals surface area contributed by atoms with E-state index in [-0.39, 0.29) is 6.04 Å². The summed E-state index contributed by atoms with van der Waals surface area (Å²) < 4.78 is 0. The van der Waals surface area contributed by atoms with Crippen LogP contribution in [-0.4, -0.2) is 11.5 Å². The van der Waals surface area contributed by atoms with Crippen molar-refractivity contribution in [2.45, 2.75) is 26.3 Å². The van der Waals surface area contributed by atoms with Crippen LogP contribution in [0.25, 0.3) is 10.9 Å². The molecule has 2 heteroatoms. The van der Waals surface area contributed by atoms with E-state index in [0.29, 0.717) is 0 Å². The molecule has 0 saturated carbocycles. The van der Waals surface area contributed by atoms with Crippen LogP contribution in [0, 0.1) is 0 Å². The highest BCUT2D eigenvalue weighted by Crippen LogP contribution is 2.21. The number of pyridine rings is 1. The van der Waals surface area contributed by atoms with Crippen LogP contribution in [0.5, 0.6) is 0 Å². The monoisotopic (exact) mass is 240 g/mol. The van der Waals surface area contributed by atoms with E-state index in [1.54, 1.807) is 0 Å². The van der Waals surface area contributed by atoms with Crippen LogP contribution in [0.15, 0.2) is 48.6 Å². The fourth-order valence-corrected chi connectivity index (χ4v) is 2.15. The van der Waals surface area contributed by atoms with Crippen molar-refractivity contribution in [2.75, 3.05) is 6.54 Å². The second kappa shape index (κ2) is 5.78. The fraction of sp³-hybridized carbons (Fsp3) is 0.312. The molecule has 0 radical (unpaired) electrons. The lowest BCUT2D eigenvalue weighted by Crippen LogP contribution is -2.22. The van der Waals surface area contributed by atoms with Crippen molar-refractivity contribution < 1.29 is 0 Å². The summed E-state index contributed by atoms with van der Waals surface area (Å²) in [6.07, 6.45) is 0.930. The Morgan fingerprint density at radius 2 is 2.06 bits per heavy atom. The van der Waals surface area contributed by atoms with Crippen LogP contribution >= 0.6 is 0 Å². The molecule has 0 aliphatic rings. The average molecular weight is 240 g/mol. The van der Waals surface area contributed by atoms with E-state index in [1.165, 1.54) is 11.0 Å². The second-order valence-corrected chi connectivity index (χ2v) is 4.70. The molecule has 2 nitrogen and oxygen atoms in total. The van der Waals surface area contributed by atoms with E-state index in [2.05, 4.69) is 50.0 Å². The van der Waals surface area contributed by atoms with Crippen molar-refractivity contribution in [3.8, 4) is 0 Å². The summed E-state index contributed by atoms with van der Waals surface area (Å²) in [6.45, 7) is 9.11. The maximum Gasteiger partial charge on any atom is 0.0706 e. The maximum absolute atomic E-state index is 4.74. The van der Waals surface area contributed by atoms with Gasteiger partial charge in [0, 0.05) is 5.39 Å². The predicted octanol–water partition coefficient (Wildman–Crippen LogP) is 3.85. The van der Waals surface area contributed by atoms with Gasteiger partial charge in [-0.1, -0.05) is 36.8 Å². The summed E-state index contributed by atoms with van der Waals surface area (Å²) in [5, 5.41) is 4.66. The molecular formula is C16H20N2. The first kappa shape index (κ1) is 12.8. The van der Waals surface area contributed by atoms with Crippen molar-refractivity contribution in [2.24, 2.45) is 0 Å². The summed E-state index contributed by atoms with van der Waals surface area (Å²) in [6, 6.07) is 12.7. The molecule has 1 atom stereocenters. The Morgan fingerprint density at radius 1 is 1.28 bits per heavy atom. The largest absolute Gasteiger partial charge is 0.309 e. The number of rotatable bonds is 5. The van der Waals surface area contributed by atoms with Crippen molar-refractivity contribution >= 4 is 10.9 Å². The standard InChI is InChI=1S/C16H20N2/c1-4-17-16(11-12(2)3)15-10-9-13-7-5-6-8-14(13)18-15/h5-10,16-17H,2,4,11H2,1,3H3. The highest BCUT2D eigenvalue weighted by molar-refractivity contribution is 5.78. The average Bonchev–Trinajstić information content (AvgIpc) is 2.37. The number of fused-ring (bicyclic) bond motifs is 1. The highest BCUT2D eigenvalue weighted by Gasteiger charge is 2.12. The maximum atomic E-state index is 4.74. The Kier molecular flexibility index (Phi) is 4.11. The Bertz CT molecular complexity index is 546. The van der Waals surface area contributed by atoms with Crippen LogP contribution < -0.4 is 5.32 Å². The molecule has 1 aromatic carbocycles. The van der Waals surface area contributed by atoms with Gasteiger partial charge in [-0.2, -0.15) is 0 Å². The van der Waals surface area contributed by atoms with E-state index in [1.807, 2.05) is 12.1 Å². The lowest BCUT2D eigenvalue weighted by atomic mass is 10.0. The molecule has 0 amide bonds. The van der Waals surface area contributed by atoms with Gasteiger partial charge >= 0.3 is 0 Å². The zero-order valence-corrected chi connectivity index (χ0v) is 11.1. The first-order chi connectivity index (χ1) is 8.70. The first-order valence-corrected chi connectivity index (χ1v) is 6.44. The molecule has 94 valence electrons. The summed E-state index contributed by atoms with van der Waals surface area (Å²) in [7, 11) is 0. The van der Waals surface area contributed by atoms with Gasteiger partial charge in [0.1, 0.15) is 0 Å². The van der Waals surface area contributed by atoms with Gasteiger partial charge in [0.25, 0.3) is 0 Å². The number of benzene rings is 1. The molecule has 0 spiro atoms. The van der Waals surface area contributed by atoms with Crippen molar-refractivity contribution in [1.82, 2.24) is 10.3 Å². The molecular weight excluding hydrogens is 220 g/mol. The van der Waals surface area contributed by atoms with Gasteiger partial charge in [0.2, 0.25) is 0 Å². The number of hydrogen-bond acceptors (Lipinski definition) is 2. The van der Waals surface area contributed by atoms with Crippen LogP contribution in [0.1, 0.15) is 32.0 Å². The molecule has 1 heterocycles. The normalized spacial score (nSPS) is 12.6. The molecule has 0 aliphatic heterocycles. The zero-order valence-electron chi connectivity index (χ0n) is 11.1. The summed E-state index contributed by atoms with van der Waals surface area (Å²) in [4.78, 5) is 4.74. The lowest BCUT2D eigenvalue weighted by molar-refractivity contribution is 0.537. The molecule has 2 rings (SSSR count). The Balaban J connectivity index is 2.34. The van der Waals surface area contributed by atoms with Gasteiger partial charge in [-0.15, -0.1) is 6.58 Å². The molecule has 0 saturated heterocycles. The van der Waals surface area contributed by atoms with Crippen LogP contribution in [-0.2, 0) is 0 Å². The van der Waals surface area contributed by atoms with Crippen LogP contribution in [0.4, 0.5) is 0 Å². The second-order valence-electron chi connectivity index (χ2n) is 4.70. The predicted molar refractivity (Wildman–Crippen MR) is 77.6 cm³/mol. The van der Waals surface area contributed by atoms with E-state index in [9.17, 15) is 0 Å². The van der Waals surface area contributed by atoms with Crippen molar-refractivity contribution in [3.05, 3.63) is 54.2 Å². The lowest BCUT2D eigenvalue weighted by Gasteiger charge is -2.17. The summed E-state index contributed by atoms with van der Waals surface area (Å²) >= 11 is 0. The molecule has 0 fully saturated rings. The molecule has 1 N–H and O–H groups in total. The number of aromatic nitrogens is 1. The van der Waals surface area contributed by atoms with Gasteiger partial charge in [0.15, 0.2) is 0 Å². The molecule has 18 heavy (non-hydrogen) atoms. The third-order valence-corrected chi connectivity index (χ3v) is 2.98. The molecule has 0 aliphatic carbocycles. The zero-order chi connectivity index (χ0) is 13.0. The Hall–Kier alpha value is -1.67. The number of para-hydroxylation sites is 1. The van der Waals surface area contributed by atoms with Crippen molar-refractivity contribution in [3.63, 3.8) is 0 Å². The van der Waals surface area contributed by atoms with Gasteiger partial charge in [-0.25, -0.2) is 0 Å². The minimum atomic E-state index is 0.261. The number of nitrogens with one attached hydrogen (secondary N) is 1. The smallest absolute Gasteiger partial charge is 0.0706 e. The third kappa shape index (κ3) is 2.96. The molecule has 0 bridgehead atoms.